The molecule has 2 aromatic rings. The predicted molar refractivity (Wildman–Crippen MR) is 83.6 cm³/mol. The molecule has 21 heavy (non-hydrogen) atoms. The van der Waals surface area contributed by atoms with Crippen molar-refractivity contribution < 1.29 is 4.79 Å². The number of carbonyl (C=O) groups is 1. The molecule has 1 aliphatic heterocycles. The number of fused-ring (bicyclic) bond motifs is 1. The van der Waals surface area contributed by atoms with Crippen LogP contribution in [0.1, 0.15) is 29.1 Å². The maximum absolute atomic E-state index is 12.1. The van der Waals surface area contributed by atoms with E-state index in [0.29, 0.717) is 18.2 Å². The van der Waals surface area contributed by atoms with E-state index in [1.54, 1.807) is 0 Å². The Hall–Kier alpha value is -1.92. The number of nitrogens with one attached hydrogen (secondary N) is 1. The Kier molecular flexibility index (Phi) is 3.90. The molecule has 0 bridgehead atoms. The van der Waals surface area contributed by atoms with Crippen LogP contribution in [-0.4, -0.2) is 22.3 Å². The molecule has 3 rings (SSSR count). The van der Waals surface area contributed by atoms with Crippen LogP contribution in [-0.2, 0) is 17.9 Å². The minimum atomic E-state index is 0.0177. The predicted octanol–water partition coefficient (Wildman–Crippen LogP) is 1.92. The van der Waals surface area contributed by atoms with Gasteiger partial charge in [-0.25, -0.2) is 4.98 Å². The van der Waals surface area contributed by atoms with Crippen molar-refractivity contribution in [2.45, 2.75) is 26.1 Å². The molecule has 1 unspecified atom stereocenters. The molecule has 110 valence electrons. The molecule has 1 atom stereocenters. The Morgan fingerprint density at radius 3 is 2.90 bits per heavy atom. The minimum absolute atomic E-state index is 0.0177. The lowest BCUT2D eigenvalue weighted by Gasteiger charge is -2.18. The van der Waals surface area contributed by atoms with Crippen LogP contribution < -0.4 is 11.1 Å². The summed E-state index contributed by atoms with van der Waals surface area (Å²) in [7, 11) is 0. The van der Waals surface area contributed by atoms with Crippen LogP contribution in [0.2, 0.25) is 0 Å². The summed E-state index contributed by atoms with van der Waals surface area (Å²) in [5, 5.41) is 3.64. The number of benzene rings is 1. The van der Waals surface area contributed by atoms with E-state index >= 15 is 0 Å². The molecule has 3 N–H and O–H groups in total. The molecule has 1 amide bonds. The number of aromatic nitrogens is 1. The van der Waals surface area contributed by atoms with E-state index in [-0.39, 0.29) is 11.9 Å². The number of carbonyl (C=O) groups excluding carboxylic acids is 1. The van der Waals surface area contributed by atoms with Gasteiger partial charge in [0, 0.05) is 18.0 Å². The fourth-order valence-electron chi connectivity index (χ4n) is 2.55. The fraction of sp³-hybridized carbons (Fsp3) is 0.333. The summed E-state index contributed by atoms with van der Waals surface area (Å²) >= 11 is 1.51. The normalized spacial score (nSPS) is 15.7. The summed E-state index contributed by atoms with van der Waals surface area (Å²) in [4.78, 5) is 19.7. The van der Waals surface area contributed by atoms with Gasteiger partial charge in [0.25, 0.3) is 0 Å². The number of hydrogen-bond donors (Lipinski definition) is 2. The van der Waals surface area contributed by atoms with Crippen LogP contribution in [0, 0.1) is 0 Å². The standard InChI is InChI=1S/C15H18N4OS/c1-10(11-5-3-2-4-6-11)17-14(20)9-19-7-12-13(8-19)21-15(16)18-12/h2-6,10H,7-9H2,1H3,(H2,16,18)(H,17,20). The smallest absolute Gasteiger partial charge is 0.234 e. The number of nitrogen functional groups attached to an aromatic ring is 1. The summed E-state index contributed by atoms with van der Waals surface area (Å²) < 4.78 is 0. The molecule has 6 heteroatoms. The SMILES string of the molecule is CC(NC(=O)CN1Cc2nc(N)sc2C1)c1ccccc1. The Bertz CT molecular complexity index is 617. The number of hydrogen-bond acceptors (Lipinski definition) is 5. The van der Waals surface area contributed by atoms with E-state index in [4.69, 9.17) is 5.73 Å². The van der Waals surface area contributed by atoms with Crippen molar-refractivity contribution in [3.63, 3.8) is 0 Å². The zero-order valence-corrected chi connectivity index (χ0v) is 12.7. The Balaban J connectivity index is 1.52. The van der Waals surface area contributed by atoms with Crippen molar-refractivity contribution in [3.05, 3.63) is 46.5 Å². The molecular formula is C15H18N4OS. The second-order valence-electron chi connectivity index (χ2n) is 5.27. The molecule has 0 aliphatic carbocycles. The van der Waals surface area contributed by atoms with Crippen LogP contribution in [0.5, 0.6) is 0 Å². The van der Waals surface area contributed by atoms with Gasteiger partial charge in [0.05, 0.1) is 18.3 Å². The van der Waals surface area contributed by atoms with E-state index in [1.165, 1.54) is 16.2 Å². The van der Waals surface area contributed by atoms with E-state index in [1.807, 2.05) is 37.3 Å². The second-order valence-corrected chi connectivity index (χ2v) is 6.38. The van der Waals surface area contributed by atoms with Crippen LogP contribution in [0.25, 0.3) is 0 Å². The highest BCUT2D eigenvalue weighted by molar-refractivity contribution is 7.15. The molecule has 0 radical (unpaired) electrons. The maximum Gasteiger partial charge on any atom is 0.234 e. The molecule has 2 heterocycles. The monoisotopic (exact) mass is 302 g/mol. The molecule has 0 saturated heterocycles. The Morgan fingerprint density at radius 1 is 1.43 bits per heavy atom. The first-order chi connectivity index (χ1) is 10.1. The number of nitrogens with zero attached hydrogens (tertiary/aromatic N) is 2. The molecule has 1 aliphatic rings. The quantitative estimate of drug-likeness (QED) is 0.905. The van der Waals surface area contributed by atoms with E-state index in [0.717, 1.165) is 17.8 Å². The first-order valence-corrected chi connectivity index (χ1v) is 7.74. The maximum atomic E-state index is 12.1. The lowest BCUT2D eigenvalue weighted by atomic mass is 10.1. The van der Waals surface area contributed by atoms with Gasteiger partial charge in [-0.15, -0.1) is 11.3 Å². The summed E-state index contributed by atoms with van der Waals surface area (Å²) in [5.74, 6) is 0.0366. The molecule has 5 nitrogen and oxygen atoms in total. The average molecular weight is 302 g/mol. The summed E-state index contributed by atoms with van der Waals surface area (Å²) in [6, 6.07) is 9.98. The van der Waals surface area contributed by atoms with Gasteiger partial charge in [0.2, 0.25) is 5.91 Å². The highest BCUT2D eigenvalue weighted by atomic mass is 32.1. The second kappa shape index (κ2) is 5.83. The van der Waals surface area contributed by atoms with Gasteiger partial charge < -0.3 is 11.1 Å². The van der Waals surface area contributed by atoms with Gasteiger partial charge in [-0.05, 0) is 12.5 Å². The van der Waals surface area contributed by atoms with Crippen molar-refractivity contribution >= 4 is 22.4 Å². The summed E-state index contributed by atoms with van der Waals surface area (Å²) in [6.07, 6.45) is 0. The van der Waals surface area contributed by atoms with E-state index < -0.39 is 0 Å². The van der Waals surface area contributed by atoms with E-state index in [2.05, 4.69) is 15.2 Å². The van der Waals surface area contributed by atoms with Crippen LogP contribution in [0.15, 0.2) is 30.3 Å². The van der Waals surface area contributed by atoms with E-state index in [9.17, 15) is 4.79 Å². The van der Waals surface area contributed by atoms with Gasteiger partial charge in [0.15, 0.2) is 5.13 Å². The Morgan fingerprint density at radius 2 is 2.19 bits per heavy atom. The number of rotatable bonds is 4. The van der Waals surface area contributed by atoms with Gasteiger partial charge >= 0.3 is 0 Å². The van der Waals surface area contributed by atoms with Gasteiger partial charge in [-0.2, -0.15) is 0 Å². The largest absolute Gasteiger partial charge is 0.375 e. The zero-order valence-electron chi connectivity index (χ0n) is 11.9. The van der Waals surface area contributed by atoms with Gasteiger partial charge in [0.1, 0.15) is 0 Å². The van der Waals surface area contributed by atoms with Crippen LogP contribution in [0.4, 0.5) is 5.13 Å². The molecule has 0 saturated carbocycles. The third-order valence-electron chi connectivity index (χ3n) is 3.58. The van der Waals surface area contributed by atoms with Crippen LogP contribution >= 0.6 is 11.3 Å². The lowest BCUT2D eigenvalue weighted by Crippen LogP contribution is -2.36. The third kappa shape index (κ3) is 3.22. The van der Waals surface area contributed by atoms with Crippen molar-refractivity contribution in [3.8, 4) is 0 Å². The first kappa shape index (κ1) is 14.0. The van der Waals surface area contributed by atoms with Crippen molar-refractivity contribution in [1.82, 2.24) is 15.2 Å². The van der Waals surface area contributed by atoms with Crippen molar-refractivity contribution in [2.24, 2.45) is 0 Å². The summed E-state index contributed by atoms with van der Waals surface area (Å²) in [5.41, 5.74) is 7.80. The van der Waals surface area contributed by atoms with Crippen molar-refractivity contribution in [2.75, 3.05) is 12.3 Å². The number of anilines is 1. The third-order valence-corrected chi connectivity index (χ3v) is 4.49. The zero-order chi connectivity index (χ0) is 14.8. The fourth-order valence-corrected chi connectivity index (χ4v) is 3.43. The average Bonchev–Trinajstić information content (AvgIpc) is 2.96. The highest BCUT2D eigenvalue weighted by Crippen LogP contribution is 2.28. The number of nitrogens with two attached hydrogens (primary N) is 1. The molecule has 1 aromatic heterocycles. The topological polar surface area (TPSA) is 71.2 Å². The molecular weight excluding hydrogens is 284 g/mol. The van der Waals surface area contributed by atoms with Gasteiger partial charge in [-0.3, -0.25) is 9.69 Å². The van der Waals surface area contributed by atoms with Gasteiger partial charge in [-0.1, -0.05) is 30.3 Å². The summed E-state index contributed by atoms with van der Waals surface area (Å²) in [6.45, 7) is 3.85. The minimum Gasteiger partial charge on any atom is -0.375 e. The van der Waals surface area contributed by atoms with Crippen molar-refractivity contribution in [1.29, 1.82) is 0 Å². The number of amides is 1. The van der Waals surface area contributed by atoms with Crippen LogP contribution in [0.3, 0.4) is 0 Å². The molecule has 0 spiro atoms. The molecule has 1 aromatic carbocycles. The number of thiazole rings is 1. The lowest BCUT2D eigenvalue weighted by molar-refractivity contribution is -0.123. The Labute approximate surface area is 127 Å². The molecule has 0 fully saturated rings. The first-order valence-electron chi connectivity index (χ1n) is 6.92. The highest BCUT2D eigenvalue weighted by Gasteiger charge is 2.24.